The second kappa shape index (κ2) is 8.36. The number of carbonyl (C=O) groups is 1. The van der Waals surface area contributed by atoms with E-state index in [-0.39, 0.29) is 11.2 Å². The highest BCUT2D eigenvalue weighted by Crippen LogP contribution is 2.28. The van der Waals surface area contributed by atoms with E-state index in [0.29, 0.717) is 0 Å². The molecule has 1 amide bonds. The van der Waals surface area contributed by atoms with Crippen LogP contribution in [0.3, 0.4) is 0 Å². The third-order valence-electron chi connectivity index (χ3n) is 3.60. The summed E-state index contributed by atoms with van der Waals surface area (Å²) in [7, 11) is 0. The summed E-state index contributed by atoms with van der Waals surface area (Å²) in [5, 5.41) is 8.50. The molecule has 0 aliphatic rings. The second-order valence-electron chi connectivity index (χ2n) is 5.20. The van der Waals surface area contributed by atoms with Crippen molar-refractivity contribution in [2.45, 2.75) is 31.4 Å². The van der Waals surface area contributed by atoms with Crippen molar-refractivity contribution in [1.29, 1.82) is 0 Å². The van der Waals surface area contributed by atoms with Crippen molar-refractivity contribution in [2.75, 3.05) is 6.26 Å². The van der Waals surface area contributed by atoms with Gasteiger partial charge in [0.1, 0.15) is 0 Å². The van der Waals surface area contributed by atoms with Gasteiger partial charge in [0.2, 0.25) is 0 Å². The molecular weight excluding hydrogens is 314 g/mol. The van der Waals surface area contributed by atoms with E-state index < -0.39 is 0 Å². The van der Waals surface area contributed by atoms with Crippen molar-refractivity contribution in [2.24, 2.45) is 0 Å². The van der Waals surface area contributed by atoms with Gasteiger partial charge in [-0.15, -0.1) is 11.3 Å². The van der Waals surface area contributed by atoms with Gasteiger partial charge < -0.3 is 0 Å². The minimum absolute atomic E-state index is 0.182. The Kier molecular flexibility index (Phi) is 6.49. The van der Waals surface area contributed by atoms with Crippen LogP contribution in [0.25, 0.3) is 10.4 Å². The molecule has 2 N–H and O–H groups in total. The Hall–Kier alpha value is -1.30. The fourth-order valence-corrected chi connectivity index (χ4v) is 3.89. The highest BCUT2D eigenvalue weighted by molar-refractivity contribution is 7.99. The lowest BCUT2D eigenvalue weighted by atomic mass is 10.0. The molecule has 1 aromatic carbocycles. The zero-order valence-electron chi connectivity index (χ0n) is 12.8. The molecule has 1 atom stereocenters. The molecule has 118 valence electrons. The lowest BCUT2D eigenvalue weighted by Crippen LogP contribution is -2.29. The van der Waals surface area contributed by atoms with Crippen molar-refractivity contribution >= 4 is 29.0 Å². The molecule has 0 fully saturated rings. The number of benzene rings is 1. The molecule has 3 nitrogen and oxygen atoms in total. The summed E-state index contributed by atoms with van der Waals surface area (Å²) in [6, 6.07) is 12.9. The molecule has 1 heterocycles. The van der Waals surface area contributed by atoms with E-state index in [0.717, 1.165) is 19.3 Å². The Morgan fingerprint density at radius 3 is 2.55 bits per heavy atom. The maximum absolute atomic E-state index is 11.4. The molecule has 22 heavy (non-hydrogen) atoms. The van der Waals surface area contributed by atoms with Crippen LogP contribution in [-0.2, 0) is 11.2 Å². The summed E-state index contributed by atoms with van der Waals surface area (Å²) in [4.78, 5) is 14.0. The van der Waals surface area contributed by atoms with E-state index in [1.807, 2.05) is 6.26 Å². The van der Waals surface area contributed by atoms with Crippen LogP contribution in [0, 0.1) is 6.92 Å². The van der Waals surface area contributed by atoms with Gasteiger partial charge in [0.25, 0.3) is 5.91 Å². The van der Waals surface area contributed by atoms with E-state index in [9.17, 15) is 4.79 Å². The minimum atomic E-state index is -0.309. The lowest BCUT2D eigenvalue weighted by molar-refractivity contribution is -0.128. The largest absolute Gasteiger partial charge is 0.289 e. The van der Waals surface area contributed by atoms with E-state index in [2.05, 4.69) is 43.3 Å². The first-order chi connectivity index (χ1) is 10.6. The molecule has 2 aromatic rings. The molecule has 0 saturated heterocycles. The topological polar surface area (TPSA) is 49.3 Å². The Balaban J connectivity index is 1.88. The lowest BCUT2D eigenvalue weighted by Gasteiger charge is -2.11. The number of thiophene rings is 1. The summed E-state index contributed by atoms with van der Waals surface area (Å²) < 4.78 is 0. The zero-order valence-corrected chi connectivity index (χ0v) is 14.5. The predicted molar refractivity (Wildman–Crippen MR) is 94.7 cm³/mol. The Labute approximate surface area is 139 Å². The molecule has 0 aliphatic carbocycles. The maximum Gasteiger partial charge on any atom is 0.256 e. The number of nitrogens with one attached hydrogen (secondary N) is 1. The average molecular weight is 335 g/mol. The van der Waals surface area contributed by atoms with Gasteiger partial charge in [-0.05, 0) is 55.7 Å². The SMILES string of the molecule is CSC(CCCc1ccc(-c2ccc(C)s2)cc1)C(=O)NO. The monoisotopic (exact) mass is 335 g/mol. The third-order valence-corrected chi connectivity index (χ3v) is 5.67. The first-order valence-electron chi connectivity index (χ1n) is 7.26. The Morgan fingerprint density at radius 2 is 2.00 bits per heavy atom. The van der Waals surface area contributed by atoms with Crippen LogP contribution in [0.4, 0.5) is 0 Å². The minimum Gasteiger partial charge on any atom is -0.289 e. The van der Waals surface area contributed by atoms with Crippen LogP contribution < -0.4 is 5.48 Å². The van der Waals surface area contributed by atoms with Gasteiger partial charge in [0.05, 0.1) is 5.25 Å². The summed E-state index contributed by atoms with van der Waals surface area (Å²) in [6.45, 7) is 2.12. The molecule has 0 saturated carbocycles. The molecule has 0 radical (unpaired) electrons. The number of carbonyl (C=O) groups excluding carboxylic acids is 1. The van der Waals surface area contributed by atoms with Crippen LogP contribution >= 0.6 is 23.1 Å². The number of amides is 1. The Bertz CT molecular complexity index is 607. The van der Waals surface area contributed by atoms with Gasteiger partial charge in [-0.2, -0.15) is 11.8 Å². The van der Waals surface area contributed by atoms with E-state index in [1.165, 1.54) is 32.6 Å². The van der Waals surface area contributed by atoms with Gasteiger partial charge in [-0.3, -0.25) is 10.0 Å². The molecule has 5 heteroatoms. The normalized spacial score (nSPS) is 12.1. The predicted octanol–water partition coefficient (Wildman–Crippen LogP) is 4.28. The van der Waals surface area contributed by atoms with Crippen molar-refractivity contribution in [3.63, 3.8) is 0 Å². The summed E-state index contributed by atoms with van der Waals surface area (Å²) in [6.07, 6.45) is 4.52. The standard InChI is InChI=1S/C17H21NO2S2/c1-12-6-11-15(22-12)14-9-7-13(8-10-14)4-3-5-16(21-2)17(19)18-20/h6-11,16,20H,3-5H2,1-2H3,(H,18,19). The quantitative estimate of drug-likeness (QED) is 0.586. The van der Waals surface area contributed by atoms with Gasteiger partial charge in [-0.25, -0.2) is 5.48 Å². The first kappa shape index (κ1) is 17.1. The van der Waals surface area contributed by atoms with Crippen LogP contribution in [0.15, 0.2) is 36.4 Å². The summed E-state index contributed by atoms with van der Waals surface area (Å²) in [5.41, 5.74) is 4.27. The number of rotatable bonds is 7. The van der Waals surface area contributed by atoms with Crippen LogP contribution in [-0.4, -0.2) is 22.6 Å². The van der Waals surface area contributed by atoms with Gasteiger partial charge in [0.15, 0.2) is 0 Å². The second-order valence-corrected chi connectivity index (χ2v) is 7.53. The molecule has 1 unspecified atom stereocenters. The number of hydroxylamine groups is 1. The van der Waals surface area contributed by atoms with Crippen molar-refractivity contribution < 1.29 is 10.0 Å². The average Bonchev–Trinajstić information content (AvgIpc) is 2.98. The van der Waals surface area contributed by atoms with Crippen molar-refractivity contribution in [3.05, 3.63) is 46.8 Å². The van der Waals surface area contributed by atoms with Crippen LogP contribution in [0.2, 0.25) is 0 Å². The van der Waals surface area contributed by atoms with Crippen molar-refractivity contribution in [1.82, 2.24) is 5.48 Å². The number of aryl methyl sites for hydroxylation is 2. The highest BCUT2D eigenvalue weighted by Gasteiger charge is 2.15. The summed E-state index contributed by atoms with van der Waals surface area (Å²) >= 11 is 3.28. The van der Waals surface area contributed by atoms with Crippen LogP contribution in [0.1, 0.15) is 23.3 Å². The van der Waals surface area contributed by atoms with E-state index in [4.69, 9.17) is 5.21 Å². The molecular formula is C17H21NO2S2. The smallest absolute Gasteiger partial charge is 0.256 e. The maximum atomic E-state index is 11.4. The fourth-order valence-electron chi connectivity index (χ4n) is 2.34. The highest BCUT2D eigenvalue weighted by atomic mass is 32.2. The molecule has 0 aliphatic heterocycles. The molecule has 1 aromatic heterocycles. The van der Waals surface area contributed by atoms with E-state index in [1.54, 1.807) is 16.8 Å². The van der Waals surface area contributed by atoms with Gasteiger partial charge in [0, 0.05) is 9.75 Å². The van der Waals surface area contributed by atoms with Gasteiger partial charge in [-0.1, -0.05) is 24.3 Å². The number of hydrogen-bond donors (Lipinski definition) is 2. The fraction of sp³-hybridized carbons (Fsp3) is 0.353. The molecule has 0 spiro atoms. The van der Waals surface area contributed by atoms with Gasteiger partial charge >= 0.3 is 0 Å². The first-order valence-corrected chi connectivity index (χ1v) is 9.37. The zero-order chi connectivity index (χ0) is 15.9. The van der Waals surface area contributed by atoms with Crippen molar-refractivity contribution in [3.8, 4) is 10.4 Å². The van der Waals surface area contributed by atoms with E-state index >= 15 is 0 Å². The summed E-state index contributed by atoms with van der Waals surface area (Å²) in [5.74, 6) is -0.309. The molecule has 0 bridgehead atoms. The molecule has 2 rings (SSSR count). The van der Waals surface area contributed by atoms with Crippen LogP contribution in [0.5, 0.6) is 0 Å². The number of thioether (sulfide) groups is 1. The third kappa shape index (κ3) is 4.60. The number of hydrogen-bond acceptors (Lipinski definition) is 4. The Morgan fingerprint density at radius 1 is 1.27 bits per heavy atom.